The third kappa shape index (κ3) is 2.65. The molecule has 0 saturated carbocycles. The van der Waals surface area contributed by atoms with Crippen LogP contribution in [-0.4, -0.2) is 19.6 Å². The zero-order chi connectivity index (χ0) is 11.0. The number of aryl methyl sites for hydroxylation is 1. The minimum absolute atomic E-state index is 0. The fraction of sp³-hybridized carbons (Fsp3) is 0.0769. The molecule has 0 unspecified atom stereocenters. The minimum Gasteiger partial charge on any atom is -0.358 e. The Morgan fingerprint density at radius 3 is 2.83 bits per heavy atom. The molecule has 3 rings (SSSR count). The maximum Gasteiger partial charge on any atom is 0.250 e. The molecule has 5 heteroatoms. The van der Waals surface area contributed by atoms with Crippen molar-refractivity contribution in [2.24, 2.45) is 0 Å². The first-order valence-corrected chi connectivity index (χ1v) is 4.98. The summed E-state index contributed by atoms with van der Waals surface area (Å²) in [5, 5.41) is 4.29. The van der Waals surface area contributed by atoms with Crippen molar-refractivity contribution in [3.8, 4) is 11.3 Å². The molecular formula is C13H12N4Y-2. The SMILES string of the molecule is Cc1cnn2c(-c3c[c-]ccc3)cnc2n1.[CH3-].[Y]. The van der Waals surface area contributed by atoms with E-state index < -0.39 is 0 Å². The Bertz CT molecular complexity index is 634. The van der Waals surface area contributed by atoms with E-state index in [2.05, 4.69) is 21.1 Å². The van der Waals surface area contributed by atoms with Crippen LogP contribution in [0.25, 0.3) is 17.0 Å². The molecule has 4 nitrogen and oxygen atoms in total. The normalized spacial score (nSPS) is 9.61. The molecule has 0 saturated heterocycles. The third-order valence-corrected chi connectivity index (χ3v) is 2.36. The van der Waals surface area contributed by atoms with Crippen LogP contribution in [0.5, 0.6) is 0 Å². The van der Waals surface area contributed by atoms with Crippen LogP contribution in [-0.2, 0) is 32.7 Å². The molecule has 89 valence electrons. The first kappa shape index (κ1) is 14.9. The van der Waals surface area contributed by atoms with Gasteiger partial charge in [-0.15, -0.1) is 5.56 Å². The van der Waals surface area contributed by atoms with Crippen LogP contribution in [0, 0.1) is 20.4 Å². The maximum atomic E-state index is 4.30. The van der Waals surface area contributed by atoms with E-state index in [1.807, 2.05) is 31.2 Å². The fourth-order valence-electron chi connectivity index (χ4n) is 1.60. The van der Waals surface area contributed by atoms with Crippen LogP contribution in [0.3, 0.4) is 0 Å². The molecule has 3 aromatic rings. The predicted molar refractivity (Wildman–Crippen MR) is 66.2 cm³/mol. The number of hydrogen-bond acceptors (Lipinski definition) is 3. The van der Waals surface area contributed by atoms with Gasteiger partial charge in [-0.05, 0) is 6.92 Å². The molecule has 18 heavy (non-hydrogen) atoms. The molecule has 0 amide bonds. The summed E-state index contributed by atoms with van der Waals surface area (Å²) in [5.74, 6) is 0.624. The van der Waals surface area contributed by atoms with Gasteiger partial charge in [0.05, 0.1) is 11.9 Å². The molecule has 0 atom stereocenters. The second-order valence-corrected chi connectivity index (χ2v) is 3.55. The van der Waals surface area contributed by atoms with Crippen LogP contribution < -0.4 is 0 Å². The maximum absolute atomic E-state index is 4.30. The smallest absolute Gasteiger partial charge is 0.250 e. The van der Waals surface area contributed by atoms with Crippen LogP contribution in [0.15, 0.2) is 36.7 Å². The number of imidazole rings is 1. The van der Waals surface area contributed by atoms with Crippen molar-refractivity contribution in [1.29, 1.82) is 0 Å². The molecule has 0 spiro atoms. The molecule has 0 aliphatic rings. The van der Waals surface area contributed by atoms with Crippen LogP contribution in [0.4, 0.5) is 0 Å². The standard InChI is InChI=1S/C12H9N4.CH3.Y/c1-9-7-14-16-11(8-13-12(16)15-9)10-5-3-2-4-6-10;;/h2-3,5-8H,1H3;1H3;/q2*-1;. The van der Waals surface area contributed by atoms with Crippen molar-refractivity contribution in [2.45, 2.75) is 6.92 Å². The monoisotopic (exact) mass is 313 g/mol. The van der Waals surface area contributed by atoms with Crippen molar-refractivity contribution in [1.82, 2.24) is 19.6 Å². The van der Waals surface area contributed by atoms with E-state index in [9.17, 15) is 0 Å². The number of fused-ring (bicyclic) bond motifs is 1. The summed E-state index contributed by atoms with van der Waals surface area (Å²) < 4.78 is 1.73. The average Bonchev–Trinajstić information content (AvgIpc) is 2.73. The van der Waals surface area contributed by atoms with Crippen molar-refractivity contribution in [3.63, 3.8) is 0 Å². The summed E-state index contributed by atoms with van der Waals surface area (Å²) >= 11 is 0. The summed E-state index contributed by atoms with van der Waals surface area (Å²) in [6.07, 6.45) is 3.50. The second-order valence-electron chi connectivity index (χ2n) is 3.55. The Hall–Kier alpha value is -1.13. The average molecular weight is 313 g/mol. The molecule has 2 heterocycles. The van der Waals surface area contributed by atoms with Gasteiger partial charge in [0.25, 0.3) is 0 Å². The molecule has 1 aromatic carbocycles. The first-order chi connectivity index (χ1) is 7.84. The summed E-state index contributed by atoms with van der Waals surface area (Å²) in [6.45, 7) is 1.90. The number of hydrogen-bond donors (Lipinski definition) is 0. The number of aromatic nitrogens is 4. The summed E-state index contributed by atoms with van der Waals surface area (Å²) in [4.78, 5) is 8.53. The topological polar surface area (TPSA) is 43.1 Å². The number of rotatable bonds is 1. The van der Waals surface area contributed by atoms with Crippen molar-refractivity contribution >= 4 is 5.78 Å². The Kier molecular flexibility index (Phi) is 5.11. The Labute approximate surface area is 131 Å². The van der Waals surface area contributed by atoms with E-state index in [1.165, 1.54) is 0 Å². The Balaban J connectivity index is 0.000000810. The zero-order valence-corrected chi connectivity index (χ0v) is 13.2. The van der Waals surface area contributed by atoms with Crippen molar-refractivity contribution < 1.29 is 32.7 Å². The van der Waals surface area contributed by atoms with E-state index in [0.29, 0.717) is 5.78 Å². The minimum atomic E-state index is 0. The van der Waals surface area contributed by atoms with Gasteiger partial charge in [-0.1, -0.05) is 0 Å². The zero-order valence-electron chi connectivity index (χ0n) is 10.3. The molecule has 0 N–H and O–H groups in total. The van der Waals surface area contributed by atoms with Crippen LogP contribution >= 0.6 is 0 Å². The van der Waals surface area contributed by atoms with Crippen molar-refractivity contribution in [3.05, 3.63) is 55.8 Å². The summed E-state index contributed by atoms with van der Waals surface area (Å²) in [6, 6.07) is 10.7. The molecule has 2 aromatic heterocycles. The molecular weight excluding hydrogens is 301 g/mol. The summed E-state index contributed by atoms with van der Waals surface area (Å²) in [7, 11) is 0. The number of benzene rings is 1. The first-order valence-electron chi connectivity index (χ1n) is 4.98. The van der Waals surface area contributed by atoms with Crippen molar-refractivity contribution in [2.75, 3.05) is 0 Å². The predicted octanol–water partition coefficient (Wildman–Crippen LogP) is 2.35. The van der Waals surface area contributed by atoms with Gasteiger partial charge < -0.3 is 7.43 Å². The van der Waals surface area contributed by atoms with Gasteiger partial charge in [-0.2, -0.15) is 35.4 Å². The van der Waals surface area contributed by atoms with E-state index in [4.69, 9.17) is 0 Å². The van der Waals surface area contributed by atoms with Gasteiger partial charge in [0.2, 0.25) is 5.78 Å². The van der Waals surface area contributed by atoms with Crippen LogP contribution in [0.2, 0.25) is 0 Å². The molecule has 0 fully saturated rings. The van der Waals surface area contributed by atoms with E-state index in [1.54, 1.807) is 16.9 Å². The third-order valence-electron chi connectivity index (χ3n) is 2.36. The molecule has 0 aliphatic heterocycles. The molecule has 0 bridgehead atoms. The fourth-order valence-corrected chi connectivity index (χ4v) is 1.60. The second kappa shape index (κ2) is 6.16. The molecule has 1 radical (unpaired) electrons. The van der Waals surface area contributed by atoms with Gasteiger partial charge in [0.15, 0.2) is 0 Å². The number of nitrogens with zero attached hydrogens (tertiary/aromatic N) is 4. The van der Waals surface area contributed by atoms with E-state index in [-0.39, 0.29) is 40.1 Å². The van der Waals surface area contributed by atoms with Crippen LogP contribution in [0.1, 0.15) is 5.69 Å². The van der Waals surface area contributed by atoms with E-state index in [0.717, 1.165) is 17.0 Å². The Morgan fingerprint density at radius 2 is 2.11 bits per heavy atom. The van der Waals surface area contributed by atoms with Gasteiger partial charge >= 0.3 is 0 Å². The summed E-state index contributed by atoms with van der Waals surface area (Å²) in [5.41, 5.74) is 2.83. The van der Waals surface area contributed by atoms with E-state index >= 15 is 0 Å². The van der Waals surface area contributed by atoms with Gasteiger partial charge in [-0.25, -0.2) is 14.5 Å². The molecule has 0 aliphatic carbocycles. The van der Waals surface area contributed by atoms with Gasteiger partial charge in [-0.3, -0.25) is 0 Å². The Morgan fingerprint density at radius 1 is 1.28 bits per heavy atom. The largest absolute Gasteiger partial charge is 0.358 e. The van der Waals surface area contributed by atoms with Gasteiger partial charge in [0.1, 0.15) is 0 Å². The van der Waals surface area contributed by atoms with Gasteiger partial charge in [0, 0.05) is 44.6 Å². The quantitative estimate of drug-likeness (QED) is 0.648.